The quantitative estimate of drug-likeness (QED) is 0.764. The molecule has 3 rings (SSSR count). The first-order chi connectivity index (χ1) is 9.24. The Balaban J connectivity index is 1.65. The molecule has 19 heavy (non-hydrogen) atoms. The normalized spacial score (nSPS) is 25.8. The van der Waals surface area contributed by atoms with Gasteiger partial charge in [0, 0.05) is 13.2 Å². The SMILES string of the molecule is O=C1C[C@H](C(=O)NC[C@@H]2CCCO2)n2ncnc2N1. The lowest BCUT2D eigenvalue weighted by Crippen LogP contribution is -2.41. The minimum atomic E-state index is -0.632. The summed E-state index contributed by atoms with van der Waals surface area (Å²) in [4.78, 5) is 27.5. The van der Waals surface area contributed by atoms with E-state index in [0.29, 0.717) is 12.5 Å². The molecule has 0 spiro atoms. The van der Waals surface area contributed by atoms with Crippen LogP contribution in [-0.2, 0) is 14.3 Å². The van der Waals surface area contributed by atoms with Crippen molar-refractivity contribution in [1.82, 2.24) is 20.1 Å². The van der Waals surface area contributed by atoms with Gasteiger partial charge in [0.2, 0.25) is 17.8 Å². The summed E-state index contributed by atoms with van der Waals surface area (Å²) in [5.41, 5.74) is 0. The van der Waals surface area contributed by atoms with E-state index >= 15 is 0 Å². The monoisotopic (exact) mass is 265 g/mol. The van der Waals surface area contributed by atoms with Gasteiger partial charge in [0.25, 0.3) is 0 Å². The van der Waals surface area contributed by atoms with Crippen LogP contribution in [0.5, 0.6) is 0 Å². The number of nitrogens with zero attached hydrogens (tertiary/aromatic N) is 3. The number of rotatable bonds is 3. The topological polar surface area (TPSA) is 98.1 Å². The van der Waals surface area contributed by atoms with Crippen molar-refractivity contribution in [3.63, 3.8) is 0 Å². The standard InChI is InChI=1S/C11H15N5O3/c17-9-4-8(16-11(15-9)13-6-14-16)10(18)12-5-7-2-1-3-19-7/h6-8H,1-5H2,(H,12,18)(H,13,14,15,17)/t7-,8+/m0/s1. The number of fused-ring (bicyclic) bond motifs is 1. The number of nitrogens with one attached hydrogen (secondary N) is 2. The molecule has 0 saturated carbocycles. The lowest BCUT2D eigenvalue weighted by atomic mass is 10.1. The first-order valence-electron chi connectivity index (χ1n) is 6.32. The van der Waals surface area contributed by atoms with E-state index in [0.717, 1.165) is 19.4 Å². The summed E-state index contributed by atoms with van der Waals surface area (Å²) in [5, 5.41) is 9.35. The number of ether oxygens (including phenoxy) is 1. The molecule has 8 nitrogen and oxygen atoms in total. The van der Waals surface area contributed by atoms with Gasteiger partial charge >= 0.3 is 0 Å². The van der Waals surface area contributed by atoms with E-state index in [9.17, 15) is 9.59 Å². The highest BCUT2D eigenvalue weighted by atomic mass is 16.5. The van der Waals surface area contributed by atoms with Gasteiger partial charge in [0.05, 0.1) is 12.5 Å². The van der Waals surface area contributed by atoms with Crippen molar-refractivity contribution in [3.05, 3.63) is 6.33 Å². The molecule has 1 aromatic heterocycles. The summed E-state index contributed by atoms with van der Waals surface area (Å²) in [6.07, 6.45) is 3.46. The molecule has 3 heterocycles. The van der Waals surface area contributed by atoms with Crippen LogP contribution in [0.25, 0.3) is 0 Å². The van der Waals surface area contributed by atoms with E-state index in [2.05, 4.69) is 20.7 Å². The van der Waals surface area contributed by atoms with Gasteiger partial charge < -0.3 is 10.1 Å². The Hall–Kier alpha value is -1.96. The first-order valence-corrected chi connectivity index (χ1v) is 6.32. The van der Waals surface area contributed by atoms with Crippen molar-refractivity contribution in [2.24, 2.45) is 0 Å². The van der Waals surface area contributed by atoms with Crippen LogP contribution in [0.3, 0.4) is 0 Å². The number of hydrogen-bond donors (Lipinski definition) is 2. The smallest absolute Gasteiger partial charge is 0.245 e. The second-order valence-corrected chi connectivity index (χ2v) is 4.68. The van der Waals surface area contributed by atoms with Crippen LogP contribution >= 0.6 is 0 Å². The molecule has 8 heteroatoms. The molecule has 1 fully saturated rings. The third-order valence-electron chi connectivity index (χ3n) is 3.33. The number of anilines is 1. The Kier molecular flexibility index (Phi) is 3.16. The molecular formula is C11H15N5O3. The van der Waals surface area contributed by atoms with Crippen LogP contribution in [0.2, 0.25) is 0 Å². The van der Waals surface area contributed by atoms with Crippen LogP contribution in [0, 0.1) is 0 Å². The number of aromatic nitrogens is 3. The van der Waals surface area contributed by atoms with Crippen molar-refractivity contribution in [2.45, 2.75) is 31.4 Å². The van der Waals surface area contributed by atoms with Crippen LogP contribution in [0.4, 0.5) is 5.95 Å². The van der Waals surface area contributed by atoms with Gasteiger partial charge in [-0.3, -0.25) is 14.9 Å². The first kappa shape index (κ1) is 12.1. The zero-order valence-corrected chi connectivity index (χ0v) is 10.3. The third-order valence-corrected chi connectivity index (χ3v) is 3.33. The molecule has 1 aromatic rings. The molecule has 2 aliphatic heterocycles. The van der Waals surface area contributed by atoms with Gasteiger partial charge in [0.15, 0.2) is 0 Å². The van der Waals surface area contributed by atoms with E-state index in [1.165, 1.54) is 11.0 Å². The van der Waals surface area contributed by atoms with Crippen LogP contribution in [0.15, 0.2) is 6.33 Å². The molecule has 1 saturated heterocycles. The van der Waals surface area contributed by atoms with E-state index in [4.69, 9.17) is 4.74 Å². The Morgan fingerprint density at radius 3 is 3.32 bits per heavy atom. The minimum Gasteiger partial charge on any atom is -0.376 e. The van der Waals surface area contributed by atoms with E-state index in [-0.39, 0.29) is 24.3 Å². The highest BCUT2D eigenvalue weighted by Gasteiger charge is 2.32. The molecule has 0 unspecified atom stereocenters. The minimum absolute atomic E-state index is 0.0771. The zero-order chi connectivity index (χ0) is 13.2. The van der Waals surface area contributed by atoms with E-state index in [1.54, 1.807) is 0 Å². The van der Waals surface area contributed by atoms with E-state index < -0.39 is 6.04 Å². The van der Waals surface area contributed by atoms with Gasteiger partial charge in [-0.2, -0.15) is 10.1 Å². The van der Waals surface area contributed by atoms with Gasteiger partial charge in [-0.05, 0) is 12.8 Å². The van der Waals surface area contributed by atoms with Crippen molar-refractivity contribution in [3.8, 4) is 0 Å². The molecule has 0 radical (unpaired) electrons. The summed E-state index contributed by atoms with van der Waals surface area (Å²) < 4.78 is 6.87. The summed E-state index contributed by atoms with van der Waals surface area (Å²) in [5.74, 6) is -0.136. The average Bonchev–Trinajstić information content (AvgIpc) is 3.05. The number of carbonyl (C=O) groups is 2. The summed E-state index contributed by atoms with van der Waals surface area (Å²) in [7, 11) is 0. The Labute approximate surface area is 109 Å². The van der Waals surface area contributed by atoms with Crippen LogP contribution in [0.1, 0.15) is 25.3 Å². The maximum Gasteiger partial charge on any atom is 0.245 e. The third kappa shape index (κ3) is 2.43. The molecular weight excluding hydrogens is 250 g/mol. The lowest BCUT2D eigenvalue weighted by molar-refractivity contribution is -0.129. The fourth-order valence-corrected chi connectivity index (χ4v) is 2.35. The molecule has 0 aromatic carbocycles. The van der Waals surface area contributed by atoms with Gasteiger partial charge in [-0.15, -0.1) is 0 Å². The Bertz CT molecular complexity index is 494. The number of amides is 2. The molecule has 2 atom stereocenters. The fraction of sp³-hybridized carbons (Fsp3) is 0.636. The molecule has 102 valence electrons. The maximum absolute atomic E-state index is 12.1. The highest BCUT2D eigenvalue weighted by molar-refractivity contribution is 5.95. The summed E-state index contributed by atoms with van der Waals surface area (Å²) in [6, 6.07) is -0.632. The average molecular weight is 265 g/mol. The van der Waals surface area contributed by atoms with Gasteiger partial charge in [-0.1, -0.05) is 0 Å². The van der Waals surface area contributed by atoms with E-state index in [1.807, 2.05) is 0 Å². The van der Waals surface area contributed by atoms with Crippen molar-refractivity contribution in [2.75, 3.05) is 18.5 Å². The van der Waals surface area contributed by atoms with Crippen LogP contribution in [-0.4, -0.2) is 45.8 Å². The summed E-state index contributed by atoms with van der Waals surface area (Å²) >= 11 is 0. The van der Waals surface area contributed by atoms with Crippen molar-refractivity contribution in [1.29, 1.82) is 0 Å². The number of hydrogen-bond acceptors (Lipinski definition) is 5. The number of carbonyl (C=O) groups excluding carboxylic acids is 2. The maximum atomic E-state index is 12.1. The van der Waals surface area contributed by atoms with Crippen LogP contribution < -0.4 is 10.6 Å². The summed E-state index contributed by atoms with van der Waals surface area (Å²) in [6.45, 7) is 1.22. The second kappa shape index (κ2) is 4.96. The largest absolute Gasteiger partial charge is 0.376 e. The highest BCUT2D eigenvalue weighted by Crippen LogP contribution is 2.21. The van der Waals surface area contributed by atoms with Gasteiger partial charge in [-0.25, -0.2) is 4.68 Å². The Morgan fingerprint density at radius 1 is 1.63 bits per heavy atom. The lowest BCUT2D eigenvalue weighted by Gasteiger charge is -2.23. The fourth-order valence-electron chi connectivity index (χ4n) is 2.35. The molecule has 0 aliphatic carbocycles. The molecule has 2 amide bonds. The van der Waals surface area contributed by atoms with Crippen molar-refractivity contribution >= 4 is 17.8 Å². The Morgan fingerprint density at radius 2 is 2.53 bits per heavy atom. The predicted octanol–water partition coefficient (Wildman–Crippen LogP) is -0.543. The molecule has 2 aliphatic rings. The second-order valence-electron chi connectivity index (χ2n) is 4.68. The van der Waals surface area contributed by atoms with Crippen molar-refractivity contribution < 1.29 is 14.3 Å². The molecule has 2 N–H and O–H groups in total. The van der Waals surface area contributed by atoms with Gasteiger partial charge in [0.1, 0.15) is 12.4 Å². The predicted molar refractivity (Wildman–Crippen MR) is 64.3 cm³/mol. The zero-order valence-electron chi connectivity index (χ0n) is 10.3. The molecule has 0 bridgehead atoms.